The molecule has 0 heterocycles. The minimum Gasteiger partial charge on any atom is -0.465 e. The monoisotopic (exact) mass is 289 g/mol. The van der Waals surface area contributed by atoms with Gasteiger partial charge in [-0.3, -0.25) is 4.79 Å². The summed E-state index contributed by atoms with van der Waals surface area (Å²) >= 11 is 1.70. The number of rotatable bonds is 13. The van der Waals surface area contributed by atoms with Crippen molar-refractivity contribution in [1.29, 1.82) is 0 Å². The van der Waals surface area contributed by atoms with Crippen LogP contribution < -0.4 is 5.73 Å². The first-order chi connectivity index (χ1) is 9.22. The number of ether oxygens (including phenoxy) is 1. The summed E-state index contributed by atoms with van der Waals surface area (Å²) in [7, 11) is 0. The molecule has 0 saturated carbocycles. The SMILES string of the molecule is CCCCCCCCCCOC(=O)C(N)CCSC. The van der Waals surface area contributed by atoms with E-state index in [0.717, 1.165) is 18.6 Å². The van der Waals surface area contributed by atoms with Crippen LogP contribution in [0.25, 0.3) is 0 Å². The van der Waals surface area contributed by atoms with E-state index in [1.54, 1.807) is 11.8 Å². The molecule has 3 nitrogen and oxygen atoms in total. The maximum atomic E-state index is 11.5. The fourth-order valence-electron chi connectivity index (χ4n) is 1.88. The lowest BCUT2D eigenvalue weighted by Crippen LogP contribution is -2.33. The second kappa shape index (κ2) is 14.2. The lowest BCUT2D eigenvalue weighted by Gasteiger charge is -2.10. The molecule has 0 aliphatic carbocycles. The molecule has 0 aliphatic heterocycles. The van der Waals surface area contributed by atoms with Gasteiger partial charge in [0.05, 0.1) is 6.61 Å². The number of thioether (sulfide) groups is 1. The molecule has 0 aliphatic rings. The van der Waals surface area contributed by atoms with Crippen molar-refractivity contribution < 1.29 is 9.53 Å². The van der Waals surface area contributed by atoms with Crippen molar-refractivity contribution in [2.45, 2.75) is 70.8 Å². The number of unbranched alkanes of at least 4 members (excludes halogenated alkanes) is 7. The summed E-state index contributed by atoms with van der Waals surface area (Å²) in [5.74, 6) is 0.672. The van der Waals surface area contributed by atoms with Crippen molar-refractivity contribution in [3.8, 4) is 0 Å². The largest absolute Gasteiger partial charge is 0.465 e. The Bertz CT molecular complexity index is 212. The standard InChI is InChI=1S/C15H31NO2S/c1-3-4-5-6-7-8-9-10-12-18-15(17)14(16)11-13-19-2/h14H,3-13,16H2,1-2H3. The summed E-state index contributed by atoms with van der Waals surface area (Å²) in [6, 6.07) is -0.443. The van der Waals surface area contributed by atoms with E-state index in [2.05, 4.69) is 6.92 Å². The predicted molar refractivity (Wildman–Crippen MR) is 84.5 cm³/mol. The highest BCUT2D eigenvalue weighted by molar-refractivity contribution is 7.98. The first-order valence-corrected chi connectivity index (χ1v) is 9.03. The van der Waals surface area contributed by atoms with Crippen LogP contribution in [0.15, 0.2) is 0 Å². The molecule has 0 aromatic heterocycles. The van der Waals surface area contributed by atoms with Gasteiger partial charge in [-0.1, -0.05) is 51.9 Å². The number of nitrogens with two attached hydrogens (primary N) is 1. The Morgan fingerprint density at radius 3 is 2.26 bits per heavy atom. The average molecular weight is 289 g/mol. The van der Waals surface area contributed by atoms with Gasteiger partial charge in [0.2, 0.25) is 0 Å². The molecule has 0 aromatic rings. The van der Waals surface area contributed by atoms with Crippen LogP contribution >= 0.6 is 11.8 Å². The Kier molecular flexibility index (Phi) is 14.0. The molecule has 0 amide bonds. The third-order valence-corrected chi connectivity index (χ3v) is 3.82. The molecule has 114 valence electrons. The first kappa shape index (κ1) is 18.8. The molecule has 0 saturated heterocycles. The van der Waals surface area contributed by atoms with Crippen LogP contribution in [-0.4, -0.2) is 30.6 Å². The van der Waals surface area contributed by atoms with E-state index >= 15 is 0 Å². The molecule has 0 bridgehead atoms. The van der Waals surface area contributed by atoms with Gasteiger partial charge in [0.15, 0.2) is 0 Å². The lowest BCUT2D eigenvalue weighted by molar-refractivity contribution is -0.145. The quantitative estimate of drug-likeness (QED) is 0.414. The molecule has 0 spiro atoms. The minimum atomic E-state index is -0.443. The topological polar surface area (TPSA) is 52.3 Å². The van der Waals surface area contributed by atoms with Gasteiger partial charge in [0.1, 0.15) is 6.04 Å². The van der Waals surface area contributed by atoms with E-state index in [1.807, 2.05) is 6.26 Å². The summed E-state index contributed by atoms with van der Waals surface area (Å²) in [6.07, 6.45) is 12.7. The van der Waals surface area contributed by atoms with Crippen molar-refractivity contribution in [1.82, 2.24) is 0 Å². The molecule has 1 unspecified atom stereocenters. The molecule has 19 heavy (non-hydrogen) atoms. The van der Waals surface area contributed by atoms with E-state index < -0.39 is 6.04 Å². The number of hydrogen-bond acceptors (Lipinski definition) is 4. The lowest BCUT2D eigenvalue weighted by atomic mass is 10.1. The molecule has 0 fully saturated rings. The van der Waals surface area contributed by atoms with E-state index in [0.29, 0.717) is 13.0 Å². The van der Waals surface area contributed by atoms with Crippen molar-refractivity contribution in [3.05, 3.63) is 0 Å². The average Bonchev–Trinajstić information content (AvgIpc) is 2.42. The Morgan fingerprint density at radius 1 is 1.11 bits per heavy atom. The van der Waals surface area contributed by atoms with Crippen LogP contribution in [0, 0.1) is 0 Å². The summed E-state index contributed by atoms with van der Waals surface area (Å²) in [5, 5.41) is 0. The zero-order valence-electron chi connectivity index (χ0n) is 12.7. The van der Waals surface area contributed by atoms with Gasteiger partial charge in [-0.15, -0.1) is 0 Å². The van der Waals surface area contributed by atoms with Crippen LogP contribution in [0.4, 0.5) is 0 Å². The number of esters is 1. The summed E-state index contributed by atoms with van der Waals surface area (Å²) < 4.78 is 5.17. The van der Waals surface area contributed by atoms with Crippen LogP contribution in [0.1, 0.15) is 64.7 Å². The van der Waals surface area contributed by atoms with E-state index in [4.69, 9.17) is 10.5 Å². The first-order valence-electron chi connectivity index (χ1n) is 7.63. The molecule has 0 radical (unpaired) electrons. The Balaban J connectivity index is 3.27. The van der Waals surface area contributed by atoms with Crippen LogP contribution in [0.5, 0.6) is 0 Å². The van der Waals surface area contributed by atoms with Crippen LogP contribution in [0.2, 0.25) is 0 Å². The predicted octanol–water partition coefficient (Wildman–Crippen LogP) is 3.75. The maximum Gasteiger partial charge on any atom is 0.322 e. The normalized spacial score (nSPS) is 12.4. The van der Waals surface area contributed by atoms with E-state index in [-0.39, 0.29) is 5.97 Å². The third kappa shape index (κ3) is 12.6. The molecule has 2 N–H and O–H groups in total. The van der Waals surface area contributed by atoms with Crippen molar-refractivity contribution >= 4 is 17.7 Å². The van der Waals surface area contributed by atoms with E-state index in [9.17, 15) is 4.79 Å². The summed E-state index contributed by atoms with van der Waals surface area (Å²) in [6.45, 7) is 2.76. The van der Waals surface area contributed by atoms with Crippen LogP contribution in [0.3, 0.4) is 0 Å². The second-order valence-corrected chi connectivity index (χ2v) is 6.02. The van der Waals surface area contributed by atoms with Gasteiger partial charge in [-0.05, 0) is 24.9 Å². The van der Waals surface area contributed by atoms with Gasteiger partial charge in [0, 0.05) is 0 Å². The van der Waals surface area contributed by atoms with Gasteiger partial charge in [0.25, 0.3) is 0 Å². The van der Waals surface area contributed by atoms with Gasteiger partial charge in [-0.2, -0.15) is 11.8 Å². The van der Waals surface area contributed by atoms with Gasteiger partial charge < -0.3 is 10.5 Å². The fourth-order valence-corrected chi connectivity index (χ4v) is 2.37. The zero-order valence-corrected chi connectivity index (χ0v) is 13.5. The maximum absolute atomic E-state index is 11.5. The Hall–Kier alpha value is -0.220. The number of carbonyl (C=O) groups is 1. The zero-order chi connectivity index (χ0) is 14.3. The Morgan fingerprint density at radius 2 is 1.68 bits per heavy atom. The van der Waals surface area contributed by atoms with Gasteiger partial charge >= 0.3 is 5.97 Å². The molecule has 0 aromatic carbocycles. The second-order valence-electron chi connectivity index (χ2n) is 5.03. The number of carbonyl (C=O) groups excluding carboxylic acids is 1. The number of hydrogen-bond donors (Lipinski definition) is 1. The van der Waals surface area contributed by atoms with Crippen molar-refractivity contribution in [2.24, 2.45) is 5.73 Å². The highest BCUT2D eigenvalue weighted by Gasteiger charge is 2.13. The smallest absolute Gasteiger partial charge is 0.322 e. The minimum absolute atomic E-state index is 0.239. The summed E-state index contributed by atoms with van der Waals surface area (Å²) in [5.41, 5.74) is 5.72. The van der Waals surface area contributed by atoms with Crippen molar-refractivity contribution in [3.63, 3.8) is 0 Å². The molecular weight excluding hydrogens is 258 g/mol. The third-order valence-electron chi connectivity index (χ3n) is 3.18. The molecule has 1 atom stereocenters. The highest BCUT2D eigenvalue weighted by atomic mass is 32.2. The molecule has 4 heteroatoms. The molecular formula is C15H31NO2S. The van der Waals surface area contributed by atoms with Gasteiger partial charge in [-0.25, -0.2) is 0 Å². The fraction of sp³-hybridized carbons (Fsp3) is 0.933. The van der Waals surface area contributed by atoms with E-state index in [1.165, 1.54) is 38.5 Å². The Labute approximate surface area is 123 Å². The van der Waals surface area contributed by atoms with Crippen molar-refractivity contribution in [2.75, 3.05) is 18.6 Å². The summed E-state index contributed by atoms with van der Waals surface area (Å²) in [4.78, 5) is 11.5. The highest BCUT2D eigenvalue weighted by Crippen LogP contribution is 2.08. The molecule has 0 rings (SSSR count). The van der Waals surface area contributed by atoms with Crippen LogP contribution in [-0.2, 0) is 9.53 Å².